The molecule has 128 valence electrons. The number of amides is 1. The Balaban J connectivity index is 1.92. The lowest BCUT2D eigenvalue weighted by Gasteiger charge is -2.13. The maximum atomic E-state index is 12.6. The van der Waals surface area contributed by atoms with E-state index in [0.717, 1.165) is 23.4 Å². The smallest absolute Gasteiger partial charge is 0.272 e. The summed E-state index contributed by atoms with van der Waals surface area (Å²) >= 11 is 1.72. The number of hydrogen-bond donors (Lipinski definition) is 1. The Kier molecular flexibility index (Phi) is 4.69. The molecule has 2 heterocycles. The van der Waals surface area contributed by atoms with Crippen LogP contribution < -0.4 is 4.72 Å². The predicted molar refractivity (Wildman–Crippen MR) is 93.5 cm³/mol. The van der Waals surface area contributed by atoms with Gasteiger partial charge >= 0.3 is 0 Å². The summed E-state index contributed by atoms with van der Waals surface area (Å²) in [5.41, 5.74) is 2.73. The second kappa shape index (κ2) is 6.60. The maximum absolute atomic E-state index is 12.6. The minimum Gasteiger partial charge on any atom is -0.272 e. The molecular weight excluding hydrogens is 346 g/mol. The highest BCUT2D eigenvalue weighted by Gasteiger charge is 2.28. The average Bonchev–Trinajstić information content (AvgIpc) is 2.92. The molecule has 2 aromatic rings. The number of rotatable bonds is 4. The van der Waals surface area contributed by atoms with Gasteiger partial charge in [0.15, 0.2) is 5.69 Å². The van der Waals surface area contributed by atoms with E-state index in [1.807, 2.05) is 6.92 Å². The second-order valence-corrected chi connectivity index (χ2v) is 8.35. The molecule has 0 radical (unpaired) electrons. The fourth-order valence-electron chi connectivity index (χ4n) is 2.88. The second-order valence-electron chi connectivity index (χ2n) is 5.60. The molecule has 1 amide bonds. The quantitative estimate of drug-likeness (QED) is 0.895. The molecule has 1 aliphatic heterocycles. The number of sulfonamides is 1. The molecule has 0 fully saturated rings. The zero-order valence-corrected chi connectivity index (χ0v) is 15.2. The topological polar surface area (TPSA) is 81.1 Å². The number of nitrogens with zero attached hydrogens (tertiary/aromatic N) is 2. The molecule has 0 saturated heterocycles. The number of carbonyl (C=O) groups excluding carboxylic acids is 1. The molecule has 1 aliphatic rings. The summed E-state index contributed by atoms with van der Waals surface area (Å²) in [5.74, 6) is 0.994. The van der Waals surface area contributed by atoms with Crippen molar-refractivity contribution in [2.45, 2.75) is 30.4 Å². The van der Waals surface area contributed by atoms with Crippen LogP contribution in [0.5, 0.6) is 0 Å². The van der Waals surface area contributed by atoms with Crippen molar-refractivity contribution in [3.63, 3.8) is 0 Å². The van der Waals surface area contributed by atoms with Gasteiger partial charge in [-0.05, 0) is 30.2 Å². The molecular formula is C16H19N3O3S2. The molecule has 0 spiro atoms. The predicted octanol–water partition coefficient (Wildman–Crippen LogP) is 1.89. The number of aromatic nitrogens is 2. The Morgan fingerprint density at radius 2 is 2.12 bits per heavy atom. The fourth-order valence-corrected chi connectivity index (χ4v) is 5.13. The highest BCUT2D eigenvalue weighted by atomic mass is 32.2. The lowest BCUT2D eigenvalue weighted by molar-refractivity contribution is 0.0975. The van der Waals surface area contributed by atoms with E-state index in [1.165, 1.54) is 6.07 Å². The zero-order valence-electron chi connectivity index (χ0n) is 13.6. The minimum absolute atomic E-state index is 0.139. The standard InChI is InChI=1S/C16H19N3O3S2/c1-3-11-6-4-5-7-14(11)24(21,22)18-16(20)15-12-10-23-9-8-13(12)19(2)17-15/h4-7H,3,8-10H2,1-2H3,(H,18,20). The Hall–Kier alpha value is -1.80. The normalized spacial score (nSPS) is 14.2. The van der Waals surface area contributed by atoms with Crippen molar-refractivity contribution in [2.75, 3.05) is 5.75 Å². The summed E-state index contributed by atoms with van der Waals surface area (Å²) in [5, 5.41) is 4.24. The van der Waals surface area contributed by atoms with E-state index in [-0.39, 0.29) is 10.6 Å². The van der Waals surface area contributed by atoms with Crippen LogP contribution >= 0.6 is 11.8 Å². The summed E-state index contributed by atoms with van der Waals surface area (Å²) in [4.78, 5) is 12.7. The number of carbonyl (C=O) groups is 1. The lowest BCUT2D eigenvalue weighted by Crippen LogP contribution is -2.32. The van der Waals surface area contributed by atoms with Crippen molar-refractivity contribution in [3.05, 3.63) is 46.8 Å². The molecule has 8 heteroatoms. The van der Waals surface area contributed by atoms with E-state index in [0.29, 0.717) is 17.7 Å². The molecule has 1 N–H and O–H groups in total. The third-order valence-electron chi connectivity index (χ3n) is 4.09. The van der Waals surface area contributed by atoms with Gasteiger partial charge in [-0.25, -0.2) is 13.1 Å². The van der Waals surface area contributed by atoms with Crippen molar-refractivity contribution in [2.24, 2.45) is 7.05 Å². The van der Waals surface area contributed by atoms with E-state index in [9.17, 15) is 13.2 Å². The number of hydrogen-bond acceptors (Lipinski definition) is 5. The highest BCUT2D eigenvalue weighted by Crippen LogP contribution is 2.27. The molecule has 3 rings (SSSR count). The number of fused-ring (bicyclic) bond motifs is 1. The van der Waals surface area contributed by atoms with Gasteiger partial charge in [0.05, 0.1) is 4.90 Å². The molecule has 0 atom stereocenters. The van der Waals surface area contributed by atoms with Gasteiger partial charge in [-0.1, -0.05) is 25.1 Å². The van der Waals surface area contributed by atoms with Crippen molar-refractivity contribution in [1.29, 1.82) is 0 Å². The van der Waals surface area contributed by atoms with Gasteiger partial charge in [-0.15, -0.1) is 0 Å². The minimum atomic E-state index is -3.92. The van der Waals surface area contributed by atoms with Crippen molar-refractivity contribution in [1.82, 2.24) is 14.5 Å². The highest BCUT2D eigenvalue weighted by molar-refractivity contribution is 7.98. The first-order valence-electron chi connectivity index (χ1n) is 7.71. The summed E-state index contributed by atoms with van der Waals surface area (Å²) in [6.45, 7) is 1.88. The molecule has 0 saturated carbocycles. The number of thioether (sulfide) groups is 1. The molecule has 1 aromatic carbocycles. The molecule has 1 aromatic heterocycles. The Morgan fingerprint density at radius 3 is 2.88 bits per heavy atom. The summed E-state index contributed by atoms with van der Waals surface area (Å²) < 4.78 is 29.0. The largest absolute Gasteiger partial charge is 0.285 e. The average molecular weight is 365 g/mol. The number of nitrogens with one attached hydrogen (secondary N) is 1. The van der Waals surface area contributed by atoms with Gasteiger partial charge in [-0.2, -0.15) is 16.9 Å². The molecule has 0 unspecified atom stereocenters. The van der Waals surface area contributed by atoms with E-state index in [4.69, 9.17) is 0 Å². The van der Waals surface area contributed by atoms with Crippen LogP contribution in [0.25, 0.3) is 0 Å². The maximum Gasteiger partial charge on any atom is 0.285 e. The van der Waals surface area contributed by atoms with Crippen LogP contribution in [0.2, 0.25) is 0 Å². The summed E-state index contributed by atoms with van der Waals surface area (Å²) in [6.07, 6.45) is 1.41. The fraction of sp³-hybridized carbons (Fsp3) is 0.375. The van der Waals surface area contributed by atoms with E-state index in [1.54, 1.807) is 41.7 Å². The van der Waals surface area contributed by atoms with Gasteiger partial charge < -0.3 is 0 Å². The third-order valence-corrected chi connectivity index (χ3v) is 6.51. The van der Waals surface area contributed by atoms with Gasteiger partial charge in [0.2, 0.25) is 0 Å². The first-order valence-corrected chi connectivity index (χ1v) is 10.4. The Bertz CT molecular complexity index is 888. The van der Waals surface area contributed by atoms with Crippen LogP contribution in [0.4, 0.5) is 0 Å². The van der Waals surface area contributed by atoms with Crippen molar-refractivity contribution in [3.8, 4) is 0 Å². The first kappa shape index (κ1) is 17.0. The number of aryl methyl sites for hydroxylation is 2. The van der Waals surface area contributed by atoms with Crippen molar-refractivity contribution < 1.29 is 13.2 Å². The van der Waals surface area contributed by atoms with Gasteiger partial charge in [0, 0.05) is 24.1 Å². The monoisotopic (exact) mass is 365 g/mol. The number of benzene rings is 1. The third kappa shape index (κ3) is 3.08. The van der Waals surface area contributed by atoms with Crippen LogP contribution in [-0.4, -0.2) is 29.9 Å². The van der Waals surface area contributed by atoms with Crippen molar-refractivity contribution >= 4 is 27.7 Å². The SMILES string of the molecule is CCc1ccccc1S(=O)(=O)NC(=O)c1nn(C)c2c1CSCC2. The van der Waals surface area contributed by atoms with Crippen LogP contribution in [0.1, 0.15) is 34.2 Å². The van der Waals surface area contributed by atoms with Crippen LogP contribution in [0.15, 0.2) is 29.2 Å². The van der Waals surface area contributed by atoms with Crippen LogP contribution in [0, 0.1) is 0 Å². The van der Waals surface area contributed by atoms with Crippen LogP contribution in [0.3, 0.4) is 0 Å². The molecule has 0 aliphatic carbocycles. The Labute approximate surface area is 145 Å². The summed E-state index contributed by atoms with van der Waals surface area (Å²) in [7, 11) is -2.14. The molecule has 0 bridgehead atoms. The Morgan fingerprint density at radius 1 is 1.38 bits per heavy atom. The zero-order chi connectivity index (χ0) is 17.3. The lowest BCUT2D eigenvalue weighted by atomic mass is 10.1. The molecule has 6 nitrogen and oxygen atoms in total. The first-order chi connectivity index (χ1) is 11.4. The van der Waals surface area contributed by atoms with Gasteiger partial charge in [0.25, 0.3) is 15.9 Å². The van der Waals surface area contributed by atoms with Gasteiger partial charge in [-0.3, -0.25) is 9.48 Å². The van der Waals surface area contributed by atoms with Crippen LogP contribution in [-0.2, 0) is 35.7 Å². The van der Waals surface area contributed by atoms with E-state index in [2.05, 4.69) is 9.82 Å². The van der Waals surface area contributed by atoms with Gasteiger partial charge in [0.1, 0.15) is 0 Å². The summed E-state index contributed by atoms with van der Waals surface area (Å²) in [6, 6.07) is 6.69. The molecule has 24 heavy (non-hydrogen) atoms. The van der Waals surface area contributed by atoms with E-state index < -0.39 is 15.9 Å². The van der Waals surface area contributed by atoms with E-state index >= 15 is 0 Å².